The zero-order valence-electron chi connectivity index (χ0n) is 13.3. The van der Waals surface area contributed by atoms with Gasteiger partial charge in [-0.3, -0.25) is 14.5 Å². The van der Waals surface area contributed by atoms with Gasteiger partial charge in [0, 0.05) is 37.6 Å². The summed E-state index contributed by atoms with van der Waals surface area (Å²) in [6.45, 7) is 5.48. The molecular weight excluding hydrogens is 317 g/mol. The zero-order chi connectivity index (χ0) is 16.7. The monoisotopic (exact) mass is 339 g/mol. The summed E-state index contributed by atoms with van der Waals surface area (Å²) >= 11 is 1.22. The molecule has 1 aliphatic heterocycles. The second kappa shape index (κ2) is 8.88. The molecule has 0 radical (unpaired) electrons. The number of piperazine rings is 1. The van der Waals surface area contributed by atoms with Crippen molar-refractivity contribution >= 4 is 23.6 Å². The van der Waals surface area contributed by atoms with Gasteiger partial charge in [0.1, 0.15) is 5.82 Å². The van der Waals surface area contributed by atoms with E-state index in [1.165, 1.54) is 17.8 Å². The average Bonchev–Trinajstić information content (AvgIpc) is 2.55. The van der Waals surface area contributed by atoms with Gasteiger partial charge in [0.15, 0.2) is 0 Å². The Morgan fingerprint density at radius 3 is 2.57 bits per heavy atom. The maximum absolute atomic E-state index is 13.5. The number of amides is 2. The Morgan fingerprint density at radius 2 is 1.91 bits per heavy atom. The molecule has 1 aliphatic rings. The van der Waals surface area contributed by atoms with Crippen LogP contribution in [0.25, 0.3) is 0 Å². The summed E-state index contributed by atoms with van der Waals surface area (Å²) in [5.41, 5.74) is 0. The van der Waals surface area contributed by atoms with Gasteiger partial charge in [0.2, 0.25) is 11.8 Å². The molecule has 126 valence electrons. The van der Waals surface area contributed by atoms with Gasteiger partial charge < -0.3 is 10.2 Å². The van der Waals surface area contributed by atoms with Crippen molar-refractivity contribution in [2.75, 3.05) is 45.0 Å². The van der Waals surface area contributed by atoms with Crippen molar-refractivity contribution in [2.45, 2.75) is 11.8 Å². The van der Waals surface area contributed by atoms with Crippen molar-refractivity contribution in [1.82, 2.24) is 15.1 Å². The lowest BCUT2D eigenvalue weighted by atomic mass is 10.3. The Bertz CT molecular complexity index is 548. The number of halogens is 1. The molecule has 0 unspecified atom stereocenters. The van der Waals surface area contributed by atoms with Crippen molar-refractivity contribution in [1.29, 1.82) is 0 Å². The molecule has 0 bridgehead atoms. The molecule has 0 spiro atoms. The topological polar surface area (TPSA) is 52.7 Å². The van der Waals surface area contributed by atoms with E-state index in [0.717, 1.165) is 0 Å². The smallest absolute Gasteiger partial charge is 0.234 e. The number of carbonyl (C=O) groups excluding carboxylic acids is 2. The Hall–Kier alpha value is -1.60. The van der Waals surface area contributed by atoms with E-state index in [4.69, 9.17) is 0 Å². The predicted octanol–water partition coefficient (Wildman–Crippen LogP) is 1.20. The van der Waals surface area contributed by atoms with Crippen LogP contribution in [-0.2, 0) is 9.59 Å². The molecule has 0 aliphatic carbocycles. The van der Waals surface area contributed by atoms with Crippen LogP contribution in [0.2, 0.25) is 0 Å². The van der Waals surface area contributed by atoms with Crippen molar-refractivity contribution < 1.29 is 14.0 Å². The molecule has 1 fully saturated rings. The van der Waals surface area contributed by atoms with Crippen LogP contribution < -0.4 is 5.32 Å². The Morgan fingerprint density at radius 1 is 1.22 bits per heavy atom. The first-order chi connectivity index (χ1) is 11.1. The highest BCUT2D eigenvalue weighted by atomic mass is 32.2. The molecule has 1 heterocycles. The van der Waals surface area contributed by atoms with E-state index in [0.29, 0.717) is 44.2 Å². The van der Waals surface area contributed by atoms with Crippen LogP contribution in [0.15, 0.2) is 29.2 Å². The standard InChI is InChI=1S/C16H22FN3O2S/c1-2-18-15(21)11-19-7-9-20(10-8-19)16(22)12-23-14-6-4-3-5-13(14)17/h3-6H,2,7-12H2,1H3,(H,18,21). The van der Waals surface area contributed by atoms with E-state index < -0.39 is 0 Å². The van der Waals surface area contributed by atoms with Crippen LogP contribution in [0.4, 0.5) is 4.39 Å². The molecule has 2 rings (SSSR count). The first-order valence-corrected chi connectivity index (χ1v) is 8.73. The second-order valence-electron chi connectivity index (χ2n) is 5.33. The highest BCUT2D eigenvalue weighted by Crippen LogP contribution is 2.21. The van der Waals surface area contributed by atoms with Crippen LogP contribution in [0.5, 0.6) is 0 Å². The molecule has 1 aromatic carbocycles. The molecule has 0 atom stereocenters. The minimum atomic E-state index is -0.294. The number of rotatable bonds is 6. The van der Waals surface area contributed by atoms with Gasteiger partial charge in [0.05, 0.1) is 12.3 Å². The van der Waals surface area contributed by atoms with Crippen molar-refractivity contribution in [3.05, 3.63) is 30.1 Å². The number of likely N-dealkylation sites (N-methyl/N-ethyl adjacent to an activating group) is 1. The Labute approximate surface area is 140 Å². The third-order valence-electron chi connectivity index (χ3n) is 3.65. The number of benzene rings is 1. The van der Waals surface area contributed by atoms with Crippen LogP contribution in [0.3, 0.4) is 0 Å². The summed E-state index contributed by atoms with van der Waals surface area (Å²) in [5, 5.41) is 2.77. The minimum Gasteiger partial charge on any atom is -0.355 e. The lowest BCUT2D eigenvalue weighted by molar-refractivity contribution is -0.130. The average molecular weight is 339 g/mol. The largest absolute Gasteiger partial charge is 0.355 e. The summed E-state index contributed by atoms with van der Waals surface area (Å²) in [4.78, 5) is 28.1. The highest BCUT2D eigenvalue weighted by molar-refractivity contribution is 8.00. The maximum Gasteiger partial charge on any atom is 0.234 e. The van der Waals surface area contributed by atoms with Gasteiger partial charge in [0.25, 0.3) is 0 Å². The number of carbonyl (C=O) groups is 2. The van der Waals surface area contributed by atoms with Crippen LogP contribution in [0, 0.1) is 5.82 Å². The maximum atomic E-state index is 13.5. The third-order valence-corrected chi connectivity index (χ3v) is 4.69. The molecule has 2 amide bonds. The van der Waals surface area contributed by atoms with Gasteiger partial charge in [-0.05, 0) is 19.1 Å². The van der Waals surface area contributed by atoms with E-state index in [2.05, 4.69) is 5.32 Å². The van der Waals surface area contributed by atoms with E-state index in [1.807, 2.05) is 11.8 Å². The number of nitrogens with zero attached hydrogens (tertiary/aromatic N) is 2. The van der Waals surface area contributed by atoms with Gasteiger partial charge in [-0.25, -0.2) is 4.39 Å². The molecule has 1 N–H and O–H groups in total. The summed E-state index contributed by atoms with van der Waals surface area (Å²) in [5.74, 6) is -0.0348. The van der Waals surface area contributed by atoms with Crippen LogP contribution in [-0.4, -0.2) is 66.6 Å². The Kier molecular flexibility index (Phi) is 6.85. The fraction of sp³-hybridized carbons (Fsp3) is 0.500. The van der Waals surface area contributed by atoms with Gasteiger partial charge >= 0.3 is 0 Å². The molecular formula is C16H22FN3O2S. The molecule has 7 heteroatoms. The quantitative estimate of drug-likeness (QED) is 0.792. The minimum absolute atomic E-state index is 0.0101. The molecule has 1 saturated heterocycles. The fourth-order valence-electron chi connectivity index (χ4n) is 2.40. The van der Waals surface area contributed by atoms with E-state index in [1.54, 1.807) is 23.1 Å². The molecule has 5 nitrogen and oxygen atoms in total. The van der Waals surface area contributed by atoms with Gasteiger partial charge in [-0.15, -0.1) is 11.8 Å². The van der Waals surface area contributed by atoms with Gasteiger partial charge in [-0.1, -0.05) is 12.1 Å². The van der Waals surface area contributed by atoms with Crippen molar-refractivity contribution in [3.8, 4) is 0 Å². The summed E-state index contributed by atoms with van der Waals surface area (Å²) in [6.07, 6.45) is 0. The third kappa shape index (κ3) is 5.51. The van der Waals surface area contributed by atoms with Crippen LogP contribution in [0.1, 0.15) is 6.92 Å². The van der Waals surface area contributed by atoms with Crippen molar-refractivity contribution in [2.24, 2.45) is 0 Å². The lowest BCUT2D eigenvalue weighted by Crippen LogP contribution is -2.51. The number of nitrogens with one attached hydrogen (secondary N) is 1. The lowest BCUT2D eigenvalue weighted by Gasteiger charge is -2.34. The predicted molar refractivity (Wildman–Crippen MR) is 88.8 cm³/mol. The fourth-order valence-corrected chi connectivity index (χ4v) is 3.25. The summed E-state index contributed by atoms with van der Waals surface area (Å²) < 4.78 is 13.5. The SMILES string of the molecule is CCNC(=O)CN1CCN(C(=O)CSc2ccccc2F)CC1. The first kappa shape index (κ1) is 17.7. The second-order valence-corrected chi connectivity index (χ2v) is 6.35. The van der Waals surface area contributed by atoms with E-state index >= 15 is 0 Å². The number of thioether (sulfide) groups is 1. The normalized spacial score (nSPS) is 15.5. The van der Waals surface area contributed by atoms with Gasteiger partial charge in [-0.2, -0.15) is 0 Å². The zero-order valence-corrected chi connectivity index (χ0v) is 14.1. The number of hydrogen-bond donors (Lipinski definition) is 1. The van der Waals surface area contributed by atoms with Crippen molar-refractivity contribution in [3.63, 3.8) is 0 Å². The highest BCUT2D eigenvalue weighted by Gasteiger charge is 2.22. The summed E-state index contributed by atoms with van der Waals surface area (Å²) in [7, 11) is 0. The Balaban J connectivity index is 1.73. The molecule has 0 aromatic heterocycles. The molecule has 23 heavy (non-hydrogen) atoms. The number of hydrogen-bond acceptors (Lipinski definition) is 4. The van der Waals surface area contributed by atoms with Crippen LogP contribution >= 0.6 is 11.8 Å². The first-order valence-electron chi connectivity index (χ1n) is 7.74. The van der Waals surface area contributed by atoms with E-state index in [9.17, 15) is 14.0 Å². The molecule has 0 saturated carbocycles. The summed E-state index contributed by atoms with van der Waals surface area (Å²) in [6, 6.07) is 6.47. The van der Waals surface area contributed by atoms with E-state index in [-0.39, 0.29) is 23.4 Å². The molecule has 1 aromatic rings.